The molecule has 1 aliphatic rings. The zero-order valence-corrected chi connectivity index (χ0v) is 26.9. The fourth-order valence-corrected chi connectivity index (χ4v) is 3.88. The molecule has 0 spiro atoms. The van der Waals surface area contributed by atoms with Crippen molar-refractivity contribution >= 4 is 17.7 Å². The van der Waals surface area contributed by atoms with Crippen LogP contribution in [0.25, 0.3) is 0 Å². The van der Waals surface area contributed by atoms with Gasteiger partial charge in [-0.05, 0) is 68.6 Å². The Morgan fingerprint density at radius 1 is 0.925 bits per heavy atom. The minimum atomic E-state index is -0.247. The summed E-state index contributed by atoms with van der Waals surface area (Å²) in [6, 6.07) is 6.60. The van der Waals surface area contributed by atoms with E-state index in [1.807, 2.05) is 39.5 Å². The summed E-state index contributed by atoms with van der Waals surface area (Å²) in [4.78, 5) is 39.3. The van der Waals surface area contributed by atoms with Crippen LogP contribution in [0.2, 0.25) is 0 Å². The smallest absolute Gasteiger partial charge is 0.253 e. The van der Waals surface area contributed by atoms with Crippen molar-refractivity contribution < 1.29 is 14.4 Å². The van der Waals surface area contributed by atoms with E-state index in [0.29, 0.717) is 49.5 Å². The van der Waals surface area contributed by atoms with Crippen molar-refractivity contribution in [3.8, 4) is 0 Å². The molecule has 7 heteroatoms. The molecular formula is C33H60N4O3. The van der Waals surface area contributed by atoms with E-state index in [1.165, 1.54) is 25.7 Å². The molecule has 230 valence electrons. The molecule has 7 nitrogen and oxygen atoms in total. The molecule has 0 radical (unpaired) electrons. The molecule has 1 aliphatic carbocycles. The molecule has 2 rings (SSSR count). The van der Waals surface area contributed by atoms with Gasteiger partial charge in [0.2, 0.25) is 5.91 Å². The van der Waals surface area contributed by atoms with Crippen molar-refractivity contribution in [1.82, 2.24) is 15.5 Å². The molecule has 0 bridgehead atoms. The first-order valence-corrected chi connectivity index (χ1v) is 15.9. The van der Waals surface area contributed by atoms with Crippen molar-refractivity contribution in [2.75, 3.05) is 26.2 Å². The van der Waals surface area contributed by atoms with Gasteiger partial charge in [-0.25, -0.2) is 0 Å². The average molecular weight is 561 g/mol. The van der Waals surface area contributed by atoms with Crippen LogP contribution in [0.5, 0.6) is 0 Å². The summed E-state index contributed by atoms with van der Waals surface area (Å²) in [5.74, 6) is 1.29. The molecule has 40 heavy (non-hydrogen) atoms. The lowest BCUT2D eigenvalue weighted by Crippen LogP contribution is -2.38. The molecular weight excluding hydrogens is 500 g/mol. The lowest BCUT2D eigenvalue weighted by Gasteiger charge is -2.21. The zero-order valence-electron chi connectivity index (χ0n) is 26.9. The SMILES string of the molecule is CC.CCC(C)CC.CCCN(CCC)C(=O)c1cccc(C(=O)NCC(N)CCC(C)C(=O)NCC2CC2)c1. The van der Waals surface area contributed by atoms with E-state index in [9.17, 15) is 14.4 Å². The molecule has 0 heterocycles. The normalized spacial score (nSPS) is 13.7. The third kappa shape index (κ3) is 16.0. The molecule has 1 saturated carbocycles. The van der Waals surface area contributed by atoms with Gasteiger partial charge < -0.3 is 21.3 Å². The molecule has 4 N–H and O–H groups in total. The van der Waals surface area contributed by atoms with E-state index in [0.717, 1.165) is 25.3 Å². The number of carbonyl (C=O) groups excluding carboxylic acids is 3. The largest absolute Gasteiger partial charge is 0.356 e. The summed E-state index contributed by atoms with van der Waals surface area (Å²) < 4.78 is 0. The van der Waals surface area contributed by atoms with Gasteiger partial charge >= 0.3 is 0 Å². The minimum absolute atomic E-state index is 0.0472. The Bertz CT molecular complexity index is 831. The van der Waals surface area contributed by atoms with Gasteiger partial charge in [0.25, 0.3) is 11.8 Å². The van der Waals surface area contributed by atoms with E-state index < -0.39 is 0 Å². The topological polar surface area (TPSA) is 105 Å². The Morgan fingerprint density at radius 3 is 2.00 bits per heavy atom. The lowest BCUT2D eigenvalue weighted by molar-refractivity contribution is -0.124. The van der Waals surface area contributed by atoms with Crippen LogP contribution in [0, 0.1) is 17.8 Å². The summed E-state index contributed by atoms with van der Waals surface area (Å²) in [7, 11) is 0. The maximum absolute atomic E-state index is 12.8. The summed E-state index contributed by atoms with van der Waals surface area (Å²) in [5, 5.41) is 5.85. The van der Waals surface area contributed by atoms with Crippen molar-refractivity contribution in [3.05, 3.63) is 35.4 Å². The second-order valence-electron chi connectivity index (χ2n) is 10.9. The van der Waals surface area contributed by atoms with Gasteiger partial charge in [0.1, 0.15) is 0 Å². The summed E-state index contributed by atoms with van der Waals surface area (Å²) in [6.45, 7) is 19.3. The maximum atomic E-state index is 12.8. The van der Waals surface area contributed by atoms with E-state index >= 15 is 0 Å². The molecule has 2 atom stereocenters. The molecule has 1 fully saturated rings. The van der Waals surface area contributed by atoms with E-state index in [2.05, 4.69) is 31.4 Å². The van der Waals surface area contributed by atoms with Gasteiger partial charge in [0.05, 0.1) is 0 Å². The minimum Gasteiger partial charge on any atom is -0.356 e. The zero-order chi connectivity index (χ0) is 30.5. The molecule has 2 unspecified atom stereocenters. The van der Waals surface area contributed by atoms with Gasteiger partial charge in [-0.2, -0.15) is 0 Å². The van der Waals surface area contributed by atoms with Crippen molar-refractivity contribution in [3.63, 3.8) is 0 Å². The highest BCUT2D eigenvalue weighted by atomic mass is 16.2. The number of hydrogen-bond acceptors (Lipinski definition) is 4. The molecule has 1 aromatic carbocycles. The van der Waals surface area contributed by atoms with Crippen LogP contribution >= 0.6 is 0 Å². The Balaban J connectivity index is 0.00000168. The van der Waals surface area contributed by atoms with Crippen LogP contribution in [0.15, 0.2) is 24.3 Å². The Kier molecular flexibility index (Phi) is 21.0. The molecule has 3 amide bonds. The number of rotatable bonds is 16. The number of nitrogens with one attached hydrogen (secondary N) is 2. The van der Waals surface area contributed by atoms with Crippen molar-refractivity contribution in [1.29, 1.82) is 0 Å². The number of nitrogens with zero attached hydrogens (tertiary/aromatic N) is 1. The number of benzene rings is 1. The van der Waals surface area contributed by atoms with E-state index in [1.54, 1.807) is 24.3 Å². The van der Waals surface area contributed by atoms with Crippen molar-refractivity contribution in [2.24, 2.45) is 23.5 Å². The van der Waals surface area contributed by atoms with Gasteiger partial charge in [0, 0.05) is 49.3 Å². The van der Waals surface area contributed by atoms with E-state index in [4.69, 9.17) is 5.73 Å². The molecule has 0 saturated heterocycles. The lowest BCUT2D eigenvalue weighted by atomic mass is 10.0. The molecule has 0 aromatic heterocycles. The first kappa shape index (κ1) is 37.6. The van der Waals surface area contributed by atoms with Gasteiger partial charge in [-0.15, -0.1) is 0 Å². The predicted molar refractivity (Wildman–Crippen MR) is 168 cm³/mol. The summed E-state index contributed by atoms with van der Waals surface area (Å²) in [5.41, 5.74) is 7.13. The van der Waals surface area contributed by atoms with Crippen LogP contribution in [0.3, 0.4) is 0 Å². The third-order valence-corrected chi connectivity index (χ3v) is 7.24. The number of nitrogens with two attached hydrogens (primary N) is 1. The predicted octanol–water partition coefficient (Wildman–Crippen LogP) is 6.42. The second kappa shape index (κ2) is 22.3. The van der Waals surface area contributed by atoms with Crippen molar-refractivity contribution in [2.45, 2.75) is 113 Å². The highest BCUT2D eigenvalue weighted by Gasteiger charge is 2.23. The van der Waals surface area contributed by atoms with Crippen LogP contribution in [0.1, 0.15) is 127 Å². The third-order valence-electron chi connectivity index (χ3n) is 7.24. The number of hydrogen-bond donors (Lipinski definition) is 3. The maximum Gasteiger partial charge on any atom is 0.253 e. The Labute approximate surface area is 245 Å². The van der Waals surface area contributed by atoms with E-state index in [-0.39, 0.29) is 29.7 Å². The van der Waals surface area contributed by atoms with Crippen LogP contribution in [0.4, 0.5) is 0 Å². The summed E-state index contributed by atoms with van der Waals surface area (Å²) >= 11 is 0. The Hall–Kier alpha value is -2.41. The Morgan fingerprint density at radius 2 is 1.50 bits per heavy atom. The highest BCUT2D eigenvalue weighted by Crippen LogP contribution is 2.27. The van der Waals surface area contributed by atoms with Gasteiger partial charge in [-0.1, -0.05) is 74.3 Å². The average Bonchev–Trinajstić information content (AvgIpc) is 3.82. The molecule has 0 aliphatic heterocycles. The van der Waals surface area contributed by atoms with Gasteiger partial charge in [-0.3, -0.25) is 14.4 Å². The molecule has 1 aromatic rings. The van der Waals surface area contributed by atoms with Gasteiger partial charge in [0.15, 0.2) is 0 Å². The number of amides is 3. The highest BCUT2D eigenvalue weighted by molar-refractivity contribution is 5.99. The number of carbonyl (C=O) groups is 3. The standard InChI is InChI=1S/C25H40N4O3.C6H14.C2H6/c1-4-13-29(14-5-2)25(32)21-8-6-7-20(15-21)24(31)28-17-22(26)12-9-18(3)23(30)27-16-19-10-11-19;1-4-6(3)5-2;1-2/h6-8,15,18-19,22H,4-5,9-14,16-17,26H2,1-3H3,(H,27,30)(H,28,31);6H,4-5H2,1-3H3;1-2H3. The van der Waals surface area contributed by atoms with Crippen LogP contribution < -0.4 is 16.4 Å². The first-order chi connectivity index (χ1) is 19.2. The fourth-order valence-electron chi connectivity index (χ4n) is 3.88. The first-order valence-electron chi connectivity index (χ1n) is 15.9. The second-order valence-corrected chi connectivity index (χ2v) is 10.9. The monoisotopic (exact) mass is 560 g/mol. The van der Waals surface area contributed by atoms with Crippen LogP contribution in [-0.2, 0) is 4.79 Å². The van der Waals surface area contributed by atoms with Crippen LogP contribution in [-0.4, -0.2) is 54.8 Å². The fraction of sp³-hybridized carbons (Fsp3) is 0.727. The summed E-state index contributed by atoms with van der Waals surface area (Å²) in [6.07, 6.45) is 8.21. The quantitative estimate of drug-likeness (QED) is 0.217.